The second kappa shape index (κ2) is 5.00. The maximum absolute atomic E-state index is 11.0. The number of amides is 1. The van der Waals surface area contributed by atoms with Gasteiger partial charge in [-0.15, -0.1) is 0 Å². The first-order valence-corrected chi connectivity index (χ1v) is 4.14. The number of carboxylic acids is 1. The Bertz CT molecular complexity index is 308. The molecule has 0 saturated heterocycles. The molecule has 0 atom stereocenters. The SMILES string of the molecule is O=C(O)CNC(=O)CCc1c[nH]cn1. The molecule has 1 aromatic heterocycles. The minimum Gasteiger partial charge on any atom is -0.480 e. The van der Waals surface area contributed by atoms with Gasteiger partial charge < -0.3 is 15.4 Å². The molecule has 6 nitrogen and oxygen atoms in total. The molecule has 76 valence electrons. The van der Waals surface area contributed by atoms with Crippen molar-refractivity contribution in [3.05, 3.63) is 18.2 Å². The summed E-state index contributed by atoms with van der Waals surface area (Å²) in [5, 5.41) is 10.6. The number of rotatable bonds is 5. The van der Waals surface area contributed by atoms with E-state index in [1.54, 1.807) is 6.20 Å². The number of hydrogen-bond donors (Lipinski definition) is 3. The molecule has 3 N–H and O–H groups in total. The predicted molar refractivity (Wildman–Crippen MR) is 47.6 cm³/mol. The van der Waals surface area contributed by atoms with E-state index in [-0.39, 0.29) is 18.9 Å². The Hall–Kier alpha value is -1.85. The van der Waals surface area contributed by atoms with Crippen molar-refractivity contribution < 1.29 is 14.7 Å². The molecule has 14 heavy (non-hydrogen) atoms. The second-order valence-electron chi connectivity index (χ2n) is 2.73. The predicted octanol–water partition coefficient (Wildman–Crippen LogP) is -0.457. The number of nitrogens with zero attached hydrogens (tertiary/aromatic N) is 1. The van der Waals surface area contributed by atoms with E-state index in [4.69, 9.17) is 5.11 Å². The number of H-pyrrole nitrogens is 1. The molecule has 1 amide bonds. The highest BCUT2D eigenvalue weighted by Gasteiger charge is 2.04. The van der Waals surface area contributed by atoms with Crippen LogP contribution in [0.1, 0.15) is 12.1 Å². The normalized spacial score (nSPS) is 9.71. The number of aliphatic carboxylic acids is 1. The second-order valence-corrected chi connectivity index (χ2v) is 2.73. The van der Waals surface area contributed by atoms with E-state index in [1.807, 2.05) is 0 Å². The Morgan fingerprint density at radius 1 is 1.57 bits per heavy atom. The number of nitrogens with one attached hydrogen (secondary N) is 2. The van der Waals surface area contributed by atoms with Crippen LogP contribution >= 0.6 is 0 Å². The highest BCUT2D eigenvalue weighted by Crippen LogP contribution is 1.96. The molecule has 0 aromatic carbocycles. The standard InChI is InChI=1S/C8H11N3O3/c12-7(10-4-8(13)14)2-1-6-3-9-5-11-6/h3,5H,1-2,4H2,(H,9,11)(H,10,12)(H,13,14). The van der Waals surface area contributed by atoms with E-state index in [2.05, 4.69) is 15.3 Å². The molecule has 6 heteroatoms. The minimum absolute atomic E-state index is 0.248. The smallest absolute Gasteiger partial charge is 0.322 e. The summed E-state index contributed by atoms with van der Waals surface area (Å²) in [5.74, 6) is -1.33. The van der Waals surface area contributed by atoms with Crippen LogP contribution in [0.4, 0.5) is 0 Å². The summed E-state index contributed by atoms with van der Waals surface area (Å²) in [5.41, 5.74) is 0.787. The van der Waals surface area contributed by atoms with E-state index in [1.165, 1.54) is 6.33 Å². The van der Waals surface area contributed by atoms with Crippen molar-refractivity contribution in [2.45, 2.75) is 12.8 Å². The van der Waals surface area contributed by atoms with E-state index >= 15 is 0 Å². The fourth-order valence-corrected chi connectivity index (χ4v) is 0.932. The summed E-state index contributed by atoms with van der Waals surface area (Å²) in [7, 11) is 0. The Labute approximate surface area is 80.4 Å². The van der Waals surface area contributed by atoms with Gasteiger partial charge in [0.25, 0.3) is 0 Å². The van der Waals surface area contributed by atoms with Gasteiger partial charge in [0, 0.05) is 12.6 Å². The van der Waals surface area contributed by atoms with Crippen molar-refractivity contribution in [3.8, 4) is 0 Å². The first kappa shape index (κ1) is 10.2. The lowest BCUT2D eigenvalue weighted by molar-refractivity contribution is -0.137. The summed E-state index contributed by atoms with van der Waals surface area (Å²) >= 11 is 0. The van der Waals surface area contributed by atoms with Gasteiger partial charge in [0.1, 0.15) is 6.54 Å². The third-order valence-electron chi connectivity index (χ3n) is 1.60. The molecular weight excluding hydrogens is 186 g/mol. The van der Waals surface area contributed by atoms with Crippen LogP contribution in [0, 0.1) is 0 Å². The van der Waals surface area contributed by atoms with Crippen LogP contribution in [0.3, 0.4) is 0 Å². The number of carbonyl (C=O) groups excluding carboxylic acids is 1. The number of carbonyl (C=O) groups is 2. The van der Waals surface area contributed by atoms with Gasteiger partial charge in [0.15, 0.2) is 0 Å². The zero-order chi connectivity index (χ0) is 10.4. The molecule has 0 radical (unpaired) electrons. The highest BCUT2D eigenvalue weighted by molar-refractivity contribution is 5.81. The van der Waals surface area contributed by atoms with E-state index in [0.29, 0.717) is 6.42 Å². The van der Waals surface area contributed by atoms with E-state index < -0.39 is 5.97 Å². The summed E-state index contributed by atoms with van der Waals surface area (Å²) in [6, 6.07) is 0. The van der Waals surface area contributed by atoms with Crippen molar-refractivity contribution in [2.24, 2.45) is 0 Å². The van der Waals surface area contributed by atoms with Gasteiger partial charge in [-0.1, -0.05) is 0 Å². The van der Waals surface area contributed by atoms with Crippen molar-refractivity contribution in [3.63, 3.8) is 0 Å². The third kappa shape index (κ3) is 3.70. The van der Waals surface area contributed by atoms with Crippen LogP contribution in [-0.4, -0.2) is 33.5 Å². The molecule has 0 spiro atoms. The molecule has 0 aliphatic rings. The first-order chi connectivity index (χ1) is 6.68. The Kier molecular flexibility index (Phi) is 3.66. The average Bonchev–Trinajstić information content (AvgIpc) is 2.63. The molecule has 1 rings (SSSR count). The lowest BCUT2D eigenvalue weighted by Crippen LogP contribution is -2.29. The summed E-state index contributed by atoms with van der Waals surface area (Å²) in [4.78, 5) is 27.8. The fourth-order valence-electron chi connectivity index (χ4n) is 0.932. The largest absolute Gasteiger partial charge is 0.480 e. The molecule has 1 aromatic rings. The number of imidazole rings is 1. The molecule has 0 bridgehead atoms. The summed E-state index contributed by atoms with van der Waals surface area (Å²) in [6.07, 6.45) is 3.99. The average molecular weight is 197 g/mol. The molecule has 0 unspecified atom stereocenters. The number of aromatic nitrogens is 2. The van der Waals surface area contributed by atoms with Crippen LogP contribution < -0.4 is 5.32 Å². The highest BCUT2D eigenvalue weighted by atomic mass is 16.4. The zero-order valence-corrected chi connectivity index (χ0v) is 7.49. The van der Waals surface area contributed by atoms with Gasteiger partial charge in [0.2, 0.25) is 5.91 Å². The van der Waals surface area contributed by atoms with Gasteiger partial charge >= 0.3 is 5.97 Å². The number of hydrogen-bond acceptors (Lipinski definition) is 3. The van der Waals surface area contributed by atoms with Crippen LogP contribution in [-0.2, 0) is 16.0 Å². The van der Waals surface area contributed by atoms with E-state index in [0.717, 1.165) is 5.69 Å². The topological polar surface area (TPSA) is 95.1 Å². The van der Waals surface area contributed by atoms with Crippen molar-refractivity contribution in [1.29, 1.82) is 0 Å². The van der Waals surface area contributed by atoms with Gasteiger partial charge in [-0.2, -0.15) is 0 Å². The Morgan fingerprint density at radius 3 is 2.93 bits per heavy atom. The van der Waals surface area contributed by atoms with Crippen molar-refractivity contribution in [1.82, 2.24) is 15.3 Å². The molecule has 0 aliphatic carbocycles. The zero-order valence-electron chi connectivity index (χ0n) is 7.49. The Balaban J connectivity index is 2.18. The quantitative estimate of drug-likeness (QED) is 0.595. The lowest BCUT2D eigenvalue weighted by atomic mass is 10.2. The lowest BCUT2D eigenvalue weighted by Gasteiger charge is -1.99. The maximum atomic E-state index is 11.0. The van der Waals surface area contributed by atoms with Gasteiger partial charge in [-0.25, -0.2) is 4.98 Å². The van der Waals surface area contributed by atoms with Crippen molar-refractivity contribution >= 4 is 11.9 Å². The number of aryl methyl sites for hydroxylation is 1. The maximum Gasteiger partial charge on any atom is 0.322 e. The number of aromatic amines is 1. The summed E-state index contributed by atoms with van der Waals surface area (Å²) < 4.78 is 0. The number of carboxylic acid groups (broad SMARTS) is 1. The third-order valence-corrected chi connectivity index (χ3v) is 1.60. The molecule has 1 heterocycles. The van der Waals surface area contributed by atoms with Gasteiger partial charge in [-0.3, -0.25) is 9.59 Å². The molecule has 0 aliphatic heterocycles. The summed E-state index contributed by atoms with van der Waals surface area (Å²) in [6.45, 7) is -0.334. The van der Waals surface area contributed by atoms with Crippen LogP contribution in [0.25, 0.3) is 0 Å². The van der Waals surface area contributed by atoms with Gasteiger partial charge in [-0.05, 0) is 6.42 Å². The van der Waals surface area contributed by atoms with Crippen LogP contribution in [0.15, 0.2) is 12.5 Å². The van der Waals surface area contributed by atoms with E-state index in [9.17, 15) is 9.59 Å². The molecular formula is C8H11N3O3. The minimum atomic E-state index is -1.04. The Morgan fingerprint density at radius 2 is 2.36 bits per heavy atom. The fraction of sp³-hybridized carbons (Fsp3) is 0.375. The van der Waals surface area contributed by atoms with Crippen LogP contribution in [0.2, 0.25) is 0 Å². The molecule has 0 saturated carbocycles. The molecule has 0 fully saturated rings. The van der Waals surface area contributed by atoms with Crippen LogP contribution in [0.5, 0.6) is 0 Å². The first-order valence-electron chi connectivity index (χ1n) is 4.14. The van der Waals surface area contributed by atoms with Crippen molar-refractivity contribution in [2.75, 3.05) is 6.54 Å². The monoisotopic (exact) mass is 197 g/mol. The van der Waals surface area contributed by atoms with Gasteiger partial charge in [0.05, 0.1) is 12.0 Å².